The van der Waals surface area contributed by atoms with Gasteiger partial charge in [-0.3, -0.25) is 4.79 Å². The van der Waals surface area contributed by atoms with Crippen LogP contribution >= 0.6 is 0 Å². The van der Waals surface area contributed by atoms with E-state index in [9.17, 15) is 14.3 Å². The van der Waals surface area contributed by atoms with E-state index >= 15 is 0 Å². The Morgan fingerprint density at radius 2 is 2.29 bits per heavy atom. The van der Waals surface area contributed by atoms with Gasteiger partial charge in [-0.1, -0.05) is 18.2 Å². The molecular weight excluding hydrogens is 275 g/mol. The molecule has 1 aliphatic rings. The van der Waals surface area contributed by atoms with Crippen molar-refractivity contribution >= 4 is 5.91 Å². The summed E-state index contributed by atoms with van der Waals surface area (Å²) in [6, 6.07) is 6.15. The predicted molar refractivity (Wildman–Crippen MR) is 76.1 cm³/mol. The maximum atomic E-state index is 13.3. The van der Waals surface area contributed by atoms with Gasteiger partial charge in [-0.2, -0.15) is 0 Å². The molecule has 1 aliphatic heterocycles. The lowest BCUT2D eigenvalue weighted by Crippen LogP contribution is -2.41. The van der Waals surface area contributed by atoms with Crippen LogP contribution in [0.4, 0.5) is 4.39 Å². The van der Waals surface area contributed by atoms with Crippen molar-refractivity contribution in [1.29, 1.82) is 0 Å². The van der Waals surface area contributed by atoms with Gasteiger partial charge in [-0.05, 0) is 12.5 Å². The van der Waals surface area contributed by atoms with E-state index in [2.05, 4.69) is 5.32 Å². The van der Waals surface area contributed by atoms with Crippen LogP contribution in [0.5, 0.6) is 0 Å². The van der Waals surface area contributed by atoms with E-state index in [0.29, 0.717) is 5.56 Å². The lowest BCUT2D eigenvalue weighted by molar-refractivity contribution is -0.128. The molecule has 116 valence electrons. The molecule has 6 heteroatoms. The van der Waals surface area contributed by atoms with E-state index in [-0.39, 0.29) is 37.5 Å². The van der Waals surface area contributed by atoms with Crippen molar-refractivity contribution in [3.8, 4) is 0 Å². The van der Waals surface area contributed by atoms with Crippen molar-refractivity contribution in [1.82, 2.24) is 10.2 Å². The summed E-state index contributed by atoms with van der Waals surface area (Å²) in [5.41, 5.74) is 0.463. The van der Waals surface area contributed by atoms with E-state index < -0.39 is 6.10 Å². The molecule has 1 saturated heterocycles. The number of amides is 1. The zero-order valence-electron chi connectivity index (χ0n) is 12.1. The van der Waals surface area contributed by atoms with Crippen molar-refractivity contribution < 1.29 is 19.0 Å². The first kappa shape index (κ1) is 15.9. The number of carbonyl (C=O) groups excluding carboxylic acids is 1. The van der Waals surface area contributed by atoms with Crippen LogP contribution in [-0.4, -0.2) is 54.8 Å². The summed E-state index contributed by atoms with van der Waals surface area (Å²) >= 11 is 0. The van der Waals surface area contributed by atoms with Crippen molar-refractivity contribution in [2.24, 2.45) is 0 Å². The minimum Gasteiger partial charge on any atom is -0.389 e. The SMILES string of the molecule is CN1CCC(NCC(O)COCc2ccccc2F)C1=O. The molecule has 0 saturated carbocycles. The van der Waals surface area contributed by atoms with Gasteiger partial charge in [0.25, 0.3) is 0 Å². The normalized spacial score (nSPS) is 20.0. The number of nitrogens with zero attached hydrogens (tertiary/aromatic N) is 1. The van der Waals surface area contributed by atoms with Gasteiger partial charge < -0.3 is 20.1 Å². The maximum absolute atomic E-state index is 13.3. The molecule has 1 aromatic rings. The van der Waals surface area contributed by atoms with Gasteiger partial charge in [0, 0.05) is 25.7 Å². The van der Waals surface area contributed by atoms with Crippen LogP contribution in [-0.2, 0) is 16.1 Å². The number of rotatable bonds is 7. The summed E-state index contributed by atoms with van der Waals surface area (Å²) in [6.07, 6.45) is 0.0217. The number of carbonyl (C=O) groups is 1. The van der Waals surface area contributed by atoms with Crippen LogP contribution in [0.1, 0.15) is 12.0 Å². The molecule has 21 heavy (non-hydrogen) atoms. The Labute approximate surface area is 123 Å². The van der Waals surface area contributed by atoms with E-state index in [4.69, 9.17) is 4.74 Å². The van der Waals surface area contributed by atoms with Crippen molar-refractivity contribution in [3.05, 3.63) is 35.6 Å². The quantitative estimate of drug-likeness (QED) is 0.770. The number of likely N-dealkylation sites (tertiary alicyclic amines) is 1. The lowest BCUT2D eigenvalue weighted by atomic mass is 10.2. The van der Waals surface area contributed by atoms with Gasteiger partial charge >= 0.3 is 0 Å². The molecular formula is C15H21FN2O3. The highest BCUT2D eigenvalue weighted by molar-refractivity contribution is 5.83. The van der Waals surface area contributed by atoms with Gasteiger partial charge in [-0.25, -0.2) is 4.39 Å². The molecule has 2 rings (SSSR count). The number of benzene rings is 1. The molecule has 0 spiro atoms. The third-order valence-corrected chi connectivity index (χ3v) is 3.55. The fourth-order valence-electron chi connectivity index (χ4n) is 2.27. The van der Waals surface area contributed by atoms with E-state index in [1.54, 1.807) is 30.1 Å². The summed E-state index contributed by atoms with van der Waals surface area (Å²) in [6.45, 7) is 1.23. The molecule has 1 heterocycles. The molecule has 5 nitrogen and oxygen atoms in total. The van der Waals surface area contributed by atoms with E-state index in [1.165, 1.54) is 6.07 Å². The van der Waals surface area contributed by atoms with Crippen LogP contribution in [0.2, 0.25) is 0 Å². The van der Waals surface area contributed by atoms with Gasteiger partial charge in [-0.15, -0.1) is 0 Å². The van der Waals surface area contributed by atoms with E-state index in [1.807, 2.05) is 0 Å². The summed E-state index contributed by atoms with van der Waals surface area (Å²) in [4.78, 5) is 13.3. The number of ether oxygens (including phenoxy) is 1. The third kappa shape index (κ3) is 4.49. The topological polar surface area (TPSA) is 61.8 Å². The summed E-state index contributed by atoms with van der Waals surface area (Å²) in [5, 5.41) is 12.8. The lowest BCUT2D eigenvalue weighted by Gasteiger charge is -2.16. The summed E-state index contributed by atoms with van der Waals surface area (Å²) in [5.74, 6) is -0.265. The minimum absolute atomic E-state index is 0.0504. The summed E-state index contributed by atoms with van der Waals surface area (Å²) < 4.78 is 18.6. The number of hydrogen-bond acceptors (Lipinski definition) is 4. The smallest absolute Gasteiger partial charge is 0.239 e. The molecule has 1 aromatic carbocycles. The van der Waals surface area contributed by atoms with Crippen LogP contribution in [0, 0.1) is 5.82 Å². The van der Waals surface area contributed by atoms with Gasteiger partial charge in [0.1, 0.15) is 5.82 Å². The molecule has 0 aromatic heterocycles. The van der Waals surface area contributed by atoms with Gasteiger partial charge in [0.15, 0.2) is 0 Å². The highest BCUT2D eigenvalue weighted by Gasteiger charge is 2.28. The first-order valence-electron chi connectivity index (χ1n) is 7.05. The third-order valence-electron chi connectivity index (χ3n) is 3.55. The minimum atomic E-state index is -0.726. The fraction of sp³-hybridized carbons (Fsp3) is 0.533. The second kappa shape index (κ2) is 7.49. The van der Waals surface area contributed by atoms with Crippen molar-refractivity contribution in [2.45, 2.75) is 25.2 Å². The molecule has 0 aliphatic carbocycles. The Morgan fingerprint density at radius 3 is 2.95 bits per heavy atom. The van der Waals surface area contributed by atoms with Crippen LogP contribution in [0.15, 0.2) is 24.3 Å². The van der Waals surface area contributed by atoms with Crippen LogP contribution < -0.4 is 5.32 Å². The highest BCUT2D eigenvalue weighted by atomic mass is 19.1. The zero-order chi connectivity index (χ0) is 15.2. The number of likely N-dealkylation sites (N-methyl/N-ethyl adjacent to an activating group) is 1. The van der Waals surface area contributed by atoms with Crippen molar-refractivity contribution in [3.63, 3.8) is 0 Å². The number of nitrogens with one attached hydrogen (secondary N) is 1. The Morgan fingerprint density at radius 1 is 1.52 bits per heavy atom. The Balaban J connectivity index is 1.65. The Kier molecular flexibility index (Phi) is 5.67. The molecule has 1 fully saturated rings. The van der Waals surface area contributed by atoms with Crippen LogP contribution in [0.25, 0.3) is 0 Å². The molecule has 2 atom stereocenters. The van der Waals surface area contributed by atoms with Gasteiger partial charge in [0.05, 0.1) is 25.4 Å². The van der Waals surface area contributed by atoms with E-state index in [0.717, 1.165) is 13.0 Å². The second-order valence-corrected chi connectivity index (χ2v) is 5.27. The predicted octanol–water partition coefficient (Wildman–Crippen LogP) is 0.523. The van der Waals surface area contributed by atoms with Crippen LogP contribution in [0.3, 0.4) is 0 Å². The number of hydrogen-bond donors (Lipinski definition) is 2. The highest BCUT2D eigenvalue weighted by Crippen LogP contribution is 2.09. The second-order valence-electron chi connectivity index (χ2n) is 5.27. The molecule has 2 N–H and O–H groups in total. The average Bonchev–Trinajstić information content (AvgIpc) is 2.79. The van der Waals surface area contributed by atoms with Crippen molar-refractivity contribution in [2.75, 3.05) is 26.7 Å². The standard InChI is InChI=1S/C15H21FN2O3/c1-18-7-6-14(15(18)20)17-8-12(19)10-21-9-11-4-2-3-5-13(11)16/h2-5,12,14,17,19H,6-10H2,1H3. The largest absolute Gasteiger partial charge is 0.389 e. The van der Waals surface area contributed by atoms with Gasteiger partial charge in [0.2, 0.25) is 5.91 Å². The maximum Gasteiger partial charge on any atom is 0.239 e. The fourth-order valence-corrected chi connectivity index (χ4v) is 2.27. The number of halogens is 1. The molecule has 2 unspecified atom stereocenters. The summed E-state index contributed by atoms with van der Waals surface area (Å²) in [7, 11) is 1.76. The molecule has 0 radical (unpaired) electrons. The monoisotopic (exact) mass is 296 g/mol. The number of aliphatic hydroxyl groups is 1. The first-order valence-corrected chi connectivity index (χ1v) is 7.05. The molecule has 0 bridgehead atoms. The Hall–Kier alpha value is -1.50. The average molecular weight is 296 g/mol. The molecule has 1 amide bonds. The Bertz CT molecular complexity index is 484. The zero-order valence-corrected chi connectivity index (χ0v) is 12.1. The number of aliphatic hydroxyl groups excluding tert-OH is 1. The first-order chi connectivity index (χ1) is 10.1.